The first-order chi connectivity index (χ1) is 7.33. The van der Waals surface area contributed by atoms with Crippen molar-refractivity contribution in [3.8, 4) is 6.07 Å². The molecule has 0 aliphatic carbocycles. The van der Waals surface area contributed by atoms with Gasteiger partial charge in [0.25, 0.3) is 0 Å². The zero-order valence-electron chi connectivity index (χ0n) is 8.73. The number of rotatable bonds is 6. The van der Waals surface area contributed by atoms with Crippen LogP contribution in [0.3, 0.4) is 0 Å². The molecule has 0 fully saturated rings. The number of hydrogen-bond donors (Lipinski definition) is 1. The molecule has 0 spiro atoms. The quantitative estimate of drug-likeness (QED) is 0.714. The van der Waals surface area contributed by atoms with Gasteiger partial charge in [-0.15, -0.1) is 0 Å². The summed E-state index contributed by atoms with van der Waals surface area (Å²) in [6, 6.07) is 12.1. The van der Waals surface area contributed by atoms with Crippen LogP contribution in [-0.2, 0) is 11.2 Å². The Morgan fingerprint density at radius 2 is 2.07 bits per heavy atom. The summed E-state index contributed by atoms with van der Waals surface area (Å²) in [5, 5.41) is 8.31. The maximum absolute atomic E-state index is 8.31. The van der Waals surface area contributed by atoms with Crippen LogP contribution in [0, 0.1) is 11.3 Å². The van der Waals surface area contributed by atoms with Crippen LogP contribution in [0.4, 0.5) is 0 Å². The molecule has 0 bridgehead atoms. The highest BCUT2D eigenvalue weighted by Gasteiger charge is 2.03. The number of nitrogens with zero attached hydrogens (tertiary/aromatic N) is 1. The summed E-state index contributed by atoms with van der Waals surface area (Å²) in [7, 11) is 0. The lowest BCUT2D eigenvalue weighted by atomic mass is 10.1. The van der Waals surface area contributed by atoms with Gasteiger partial charge in [0.1, 0.15) is 0 Å². The van der Waals surface area contributed by atoms with Gasteiger partial charge in [0.15, 0.2) is 0 Å². The highest BCUT2D eigenvalue weighted by molar-refractivity contribution is 5.15. The fourth-order valence-corrected chi connectivity index (χ4v) is 1.33. The maximum atomic E-state index is 8.31. The van der Waals surface area contributed by atoms with Crippen molar-refractivity contribution in [2.24, 2.45) is 5.73 Å². The lowest BCUT2D eigenvalue weighted by Gasteiger charge is -2.11. The minimum absolute atomic E-state index is 0.00564. The van der Waals surface area contributed by atoms with Gasteiger partial charge in [0, 0.05) is 6.04 Å². The normalized spacial score (nSPS) is 12.0. The van der Waals surface area contributed by atoms with Gasteiger partial charge < -0.3 is 10.5 Å². The van der Waals surface area contributed by atoms with E-state index < -0.39 is 0 Å². The molecule has 1 rings (SSSR count). The van der Waals surface area contributed by atoms with E-state index in [-0.39, 0.29) is 6.04 Å². The Bertz CT molecular complexity index is 305. The van der Waals surface area contributed by atoms with E-state index in [1.165, 1.54) is 5.56 Å². The minimum atomic E-state index is 0.00564. The van der Waals surface area contributed by atoms with E-state index in [1.807, 2.05) is 24.3 Å². The van der Waals surface area contributed by atoms with Crippen LogP contribution in [0.15, 0.2) is 30.3 Å². The van der Waals surface area contributed by atoms with Crippen molar-refractivity contribution in [3.05, 3.63) is 35.9 Å². The first kappa shape index (κ1) is 11.7. The first-order valence-electron chi connectivity index (χ1n) is 5.07. The summed E-state index contributed by atoms with van der Waals surface area (Å²) < 4.78 is 5.26. The largest absolute Gasteiger partial charge is 0.379 e. The van der Waals surface area contributed by atoms with Crippen molar-refractivity contribution in [3.63, 3.8) is 0 Å². The average Bonchev–Trinajstić information content (AvgIpc) is 2.26. The van der Waals surface area contributed by atoms with Gasteiger partial charge in [-0.2, -0.15) is 5.26 Å². The van der Waals surface area contributed by atoms with Gasteiger partial charge in [-0.05, 0) is 12.0 Å². The van der Waals surface area contributed by atoms with Crippen molar-refractivity contribution < 1.29 is 4.74 Å². The molecule has 1 aromatic rings. The van der Waals surface area contributed by atoms with Gasteiger partial charge in [0.05, 0.1) is 25.7 Å². The number of ether oxygens (including phenoxy) is 1. The second kappa shape index (κ2) is 6.99. The van der Waals surface area contributed by atoms with Crippen molar-refractivity contribution in [2.75, 3.05) is 13.2 Å². The van der Waals surface area contributed by atoms with Crippen LogP contribution in [-0.4, -0.2) is 19.3 Å². The molecule has 0 amide bonds. The molecule has 1 aromatic carbocycles. The number of hydrogen-bond acceptors (Lipinski definition) is 3. The van der Waals surface area contributed by atoms with Crippen molar-refractivity contribution >= 4 is 0 Å². The Morgan fingerprint density at radius 1 is 1.33 bits per heavy atom. The zero-order chi connectivity index (χ0) is 10.9. The Hall–Kier alpha value is -1.37. The number of nitriles is 1. The Balaban J connectivity index is 2.19. The fourth-order valence-electron chi connectivity index (χ4n) is 1.33. The molecule has 0 heterocycles. The van der Waals surface area contributed by atoms with Gasteiger partial charge in [-0.3, -0.25) is 0 Å². The summed E-state index contributed by atoms with van der Waals surface area (Å²) in [6.07, 6.45) is 1.24. The standard InChI is InChI=1S/C12H16N2O/c13-7-4-8-15-10-12(14)9-11-5-2-1-3-6-11/h1-3,5-6,12H,4,8-10,14H2/t12-/m0/s1. The third kappa shape index (κ3) is 5.16. The van der Waals surface area contributed by atoms with Crippen LogP contribution in [0.25, 0.3) is 0 Å². The number of benzene rings is 1. The van der Waals surface area contributed by atoms with E-state index in [9.17, 15) is 0 Å². The Kier molecular flexibility index (Phi) is 5.46. The molecule has 3 heteroatoms. The van der Waals surface area contributed by atoms with Gasteiger partial charge in [0.2, 0.25) is 0 Å². The molecule has 15 heavy (non-hydrogen) atoms. The molecule has 0 unspecified atom stereocenters. The molecule has 2 N–H and O–H groups in total. The highest BCUT2D eigenvalue weighted by atomic mass is 16.5. The van der Waals surface area contributed by atoms with Gasteiger partial charge in [-0.1, -0.05) is 30.3 Å². The molecule has 0 aliphatic heterocycles. The van der Waals surface area contributed by atoms with Crippen molar-refractivity contribution in [1.82, 2.24) is 0 Å². The van der Waals surface area contributed by atoms with Gasteiger partial charge >= 0.3 is 0 Å². The summed E-state index contributed by atoms with van der Waals surface area (Å²) in [6.45, 7) is 0.982. The lowest BCUT2D eigenvalue weighted by Crippen LogP contribution is -2.28. The van der Waals surface area contributed by atoms with Crippen LogP contribution >= 0.6 is 0 Å². The molecular formula is C12H16N2O. The second-order valence-electron chi connectivity index (χ2n) is 3.43. The highest BCUT2D eigenvalue weighted by Crippen LogP contribution is 2.02. The zero-order valence-corrected chi connectivity index (χ0v) is 8.73. The van der Waals surface area contributed by atoms with Crippen LogP contribution < -0.4 is 5.73 Å². The molecule has 80 valence electrons. The van der Waals surface area contributed by atoms with Crippen LogP contribution in [0.1, 0.15) is 12.0 Å². The second-order valence-corrected chi connectivity index (χ2v) is 3.43. The molecule has 0 saturated carbocycles. The van der Waals surface area contributed by atoms with Gasteiger partial charge in [-0.25, -0.2) is 0 Å². The molecule has 0 aromatic heterocycles. The number of nitrogens with two attached hydrogens (primary N) is 1. The van der Waals surface area contributed by atoms with Crippen molar-refractivity contribution in [2.45, 2.75) is 18.9 Å². The first-order valence-corrected chi connectivity index (χ1v) is 5.07. The summed E-state index contributed by atoms with van der Waals surface area (Å²) >= 11 is 0. The summed E-state index contributed by atoms with van der Waals surface area (Å²) in [5.74, 6) is 0. The Labute approximate surface area is 90.5 Å². The Morgan fingerprint density at radius 3 is 2.73 bits per heavy atom. The molecule has 3 nitrogen and oxygen atoms in total. The van der Waals surface area contributed by atoms with Crippen LogP contribution in [0.5, 0.6) is 0 Å². The third-order valence-corrected chi connectivity index (χ3v) is 2.03. The van der Waals surface area contributed by atoms with Crippen LogP contribution in [0.2, 0.25) is 0 Å². The van der Waals surface area contributed by atoms with E-state index in [4.69, 9.17) is 15.7 Å². The smallest absolute Gasteiger partial charge is 0.0645 e. The SMILES string of the molecule is N#CCCOC[C@@H](N)Cc1ccccc1. The molecule has 1 atom stereocenters. The van der Waals surface area contributed by atoms with E-state index in [0.717, 1.165) is 6.42 Å². The molecule has 0 saturated heterocycles. The molecular weight excluding hydrogens is 188 g/mol. The van der Waals surface area contributed by atoms with E-state index in [2.05, 4.69) is 12.1 Å². The van der Waals surface area contributed by atoms with E-state index in [1.54, 1.807) is 0 Å². The van der Waals surface area contributed by atoms with Crippen molar-refractivity contribution in [1.29, 1.82) is 5.26 Å². The topological polar surface area (TPSA) is 59.0 Å². The molecule has 0 radical (unpaired) electrons. The predicted molar refractivity (Wildman–Crippen MR) is 59.2 cm³/mol. The maximum Gasteiger partial charge on any atom is 0.0645 e. The third-order valence-electron chi connectivity index (χ3n) is 2.03. The summed E-state index contributed by atoms with van der Waals surface area (Å²) in [5.41, 5.74) is 7.10. The lowest BCUT2D eigenvalue weighted by molar-refractivity contribution is 0.126. The summed E-state index contributed by atoms with van der Waals surface area (Å²) in [4.78, 5) is 0. The van der Waals surface area contributed by atoms with E-state index >= 15 is 0 Å². The minimum Gasteiger partial charge on any atom is -0.379 e. The molecule has 0 aliphatic rings. The fraction of sp³-hybridized carbons (Fsp3) is 0.417. The van der Waals surface area contributed by atoms with E-state index in [0.29, 0.717) is 19.6 Å². The monoisotopic (exact) mass is 204 g/mol. The predicted octanol–water partition coefficient (Wildman–Crippen LogP) is 1.49. The average molecular weight is 204 g/mol.